The van der Waals surface area contributed by atoms with Gasteiger partial charge < -0.3 is 11.5 Å². The lowest BCUT2D eigenvalue weighted by Gasteiger charge is -1.98. The summed E-state index contributed by atoms with van der Waals surface area (Å²) < 4.78 is 0. The smallest absolute Gasteiger partial charge is 0.185 e. The van der Waals surface area contributed by atoms with Crippen molar-refractivity contribution in [3.05, 3.63) is 0 Å². The molecule has 3 nitrogen and oxygen atoms in total. The second-order valence-electron chi connectivity index (χ2n) is 2.49. The van der Waals surface area contributed by atoms with Gasteiger partial charge in [0.25, 0.3) is 0 Å². The molecule has 62 valence electrons. The molecular formula is C6H16IN3. The number of nitrogens with zero attached hydrogens (tertiary/aromatic N) is 1. The van der Waals surface area contributed by atoms with Crippen LogP contribution in [0.2, 0.25) is 0 Å². The van der Waals surface area contributed by atoms with Crippen LogP contribution in [0.5, 0.6) is 0 Å². The fraction of sp³-hybridized carbons (Fsp3) is 0.833. The second kappa shape index (κ2) is 7.11. The molecule has 0 bridgehead atoms. The molecule has 0 unspecified atom stereocenters. The van der Waals surface area contributed by atoms with Gasteiger partial charge in [-0.05, 0) is 12.3 Å². The van der Waals surface area contributed by atoms with Crippen molar-refractivity contribution in [3.63, 3.8) is 0 Å². The summed E-state index contributed by atoms with van der Waals surface area (Å²) in [5.41, 5.74) is 10.2. The minimum Gasteiger partial charge on any atom is -0.370 e. The highest BCUT2D eigenvalue weighted by Crippen LogP contribution is 1.97. The first-order chi connectivity index (χ1) is 4.13. The maximum Gasteiger partial charge on any atom is 0.185 e. The van der Waals surface area contributed by atoms with E-state index in [0.29, 0.717) is 5.92 Å². The largest absolute Gasteiger partial charge is 0.370 e. The molecule has 0 aliphatic carbocycles. The molecule has 0 heterocycles. The summed E-state index contributed by atoms with van der Waals surface area (Å²) in [4.78, 5) is 3.84. The molecule has 0 radical (unpaired) electrons. The Labute approximate surface area is 79.3 Å². The number of hydrogen-bond donors (Lipinski definition) is 2. The van der Waals surface area contributed by atoms with Crippen LogP contribution in [-0.4, -0.2) is 12.5 Å². The molecule has 0 aliphatic rings. The summed E-state index contributed by atoms with van der Waals surface area (Å²) in [5.74, 6) is 0.865. The third-order valence-electron chi connectivity index (χ3n) is 1.00. The number of rotatable bonds is 3. The zero-order valence-corrected chi connectivity index (χ0v) is 8.83. The summed E-state index contributed by atoms with van der Waals surface area (Å²) in [6.45, 7) is 5.03. The molecule has 0 rings (SSSR count). The summed E-state index contributed by atoms with van der Waals surface area (Å²) in [6, 6.07) is 0. The van der Waals surface area contributed by atoms with Crippen molar-refractivity contribution in [2.24, 2.45) is 22.4 Å². The molecule has 0 fully saturated rings. The van der Waals surface area contributed by atoms with Crippen LogP contribution in [-0.2, 0) is 0 Å². The van der Waals surface area contributed by atoms with Gasteiger partial charge in [0.1, 0.15) is 0 Å². The number of nitrogens with two attached hydrogens (primary N) is 2. The van der Waals surface area contributed by atoms with Gasteiger partial charge in [-0.3, -0.25) is 4.99 Å². The Morgan fingerprint density at radius 2 is 1.90 bits per heavy atom. The predicted molar refractivity (Wildman–Crippen MR) is 55.5 cm³/mol. The SMILES string of the molecule is CC(C)CCN=C(N)N.I. The van der Waals surface area contributed by atoms with Gasteiger partial charge in [-0.2, -0.15) is 0 Å². The van der Waals surface area contributed by atoms with Crippen LogP contribution in [0.1, 0.15) is 20.3 Å². The summed E-state index contributed by atoms with van der Waals surface area (Å²) in [5, 5.41) is 0. The molecule has 10 heavy (non-hydrogen) atoms. The highest BCUT2D eigenvalue weighted by molar-refractivity contribution is 14.0. The second-order valence-corrected chi connectivity index (χ2v) is 2.49. The van der Waals surface area contributed by atoms with E-state index >= 15 is 0 Å². The number of halogens is 1. The molecule has 0 aliphatic heterocycles. The Balaban J connectivity index is 0. The van der Waals surface area contributed by atoms with E-state index in [4.69, 9.17) is 11.5 Å². The maximum atomic E-state index is 5.11. The highest BCUT2D eigenvalue weighted by atomic mass is 127. The lowest BCUT2D eigenvalue weighted by Crippen LogP contribution is -2.23. The van der Waals surface area contributed by atoms with Crippen molar-refractivity contribution in [1.82, 2.24) is 0 Å². The van der Waals surface area contributed by atoms with Crippen molar-refractivity contribution in [1.29, 1.82) is 0 Å². The van der Waals surface area contributed by atoms with E-state index in [-0.39, 0.29) is 29.9 Å². The van der Waals surface area contributed by atoms with Crippen LogP contribution in [0.15, 0.2) is 4.99 Å². The first kappa shape index (κ1) is 12.7. The van der Waals surface area contributed by atoms with Gasteiger partial charge >= 0.3 is 0 Å². The van der Waals surface area contributed by atoms with E-state index < -0.39 is 0 Å². The fourth-order valence-electron chi connectivity index (χ4n) is 0.452. The van der Waals surface area contributed by atoms with Crippen molar-refractivity contribution >= 4 is 29.9 Å². The van der Waals surface area contributed by atoms with E-state index in [9.17, 15) is 0 Å². The Morgan fingerprint density at radius 3 is 2.20 bits per heavy atom. The number of aliphatic imine (C=N–C) groups is 1. The van der Waals surface area contributed by atoms with Crippen LogP contribution in [0, 0.1) is 5.92 Å². The van der Waals surface area contributed by atoms with Crippen LogP contribution in [0.25, 0.3) is 0 Å². The molecule has 0 aromatic carbocycles. The normalized spacial score (nSPS) is 8.70. The van der Waals surface area contributed by atoms with E-state index in [0.717, 1.165) is 13.0 Å². The fourth-order valence-corrected chi connectivity index (χ4v) is 0.452. The lowest BCUT2D eigenvalue weighted by molar-refractivity contribution is 0.596. The van der Waals surface area contributed by atoms with Gasteiger partial charge in [-0.1, -0.05) is 13.8 Å². The molecule has 0 saturated heterocycles. The minimum absolute atomic E-state index is 0. The summed E-state index contributed by atoms with van der Waals surface area (Å²) in [7, 11) is 0. The maximum absolute atomic E-state index is 5.11. The number of hydrogen-bond acceptors (Lipinski definition) is 1. The Kier molecular flexibility index (Phi) is 9.00. The van der Waals surface area contributed by atoms with Gasteiger partial charge in [0.15, 0.2) is 5.96 Å². The lowest BCUT2D eigenvalue weighted by atomic mass is 10.1. The van der Waals surface area contributed by atoms with Crippen LogP contribution in [0.4, 0.5) is 0 Å². The molecule has 4 heteroatoms. The highest BCUT2D eigenvalue weighted by Gasteiger charge is 1.90. The Morgan fingerprint density at radius 1 is 1.40 bits per heavy atom. The van der Waals surface area contributed by atoms with E-state index in [1.807, 2.05) is 0 Å². The van der Waals surface area contributed by atoms with E-state index in [1.165, 1.54) is 0 Å². The molecule has 0 spiro atoms. The zero-order chi connectivity index (χ0) is 7.28. The van der Waals surface area contributed by atoms with Crippen molar-refractivity contribution in [2.75, 3.05) is 6.54 Å². The monoisotopic (exact) mass is 257 g/mol. The topological polar surface area (TPSA) is 64.4 Å². The summed E-state index contributed by atoms with van der Waals surface area (Å²) in [6.07, 6.45) is 1.05. The van der Waals surface area contributed by atoms with Gasteiger partial charge in [-0.15, -0.1) is 24.0 Å². The third kappa shape index (κ3) is 10.9. The number of guanidine groups is 1. The minimum atomic E-state index is 0. The average molecular weight is 257 g/mol. The zero-order valence-electron chi connectivity index (χ0n) is 6.50. The predicted octanol–water partition coefficient (Wildman–Crippen LogP) is 0.924. The molecule has 0 saturated carbocycles. The average Bonchev–Trinajstić information content (AvgIpc) is 1.63. The Bertz CT molecular complexity index is 97.2. The summed E-state index contributed by atoms with van der Waals surface area (Å²) >= 11 is 0. The van der Waals surface area contributed by atoms with E-state index in [1.54, 1.807) is 0 Å². The van der Waals surface area contributed by atoms with E-state index in [2.05, 4.69) is 18.8 Å². The van der Waals surface area contributed by atoms with Crippen LogP contribution < -0.4 is 11.5 Å². The quantitative estimate of drug-likeness (QED) is 0.448. The standard InChI is InChI=1S/C6H15N3.HI/c1-5(2)3-4-9-6(7)8;/h5H,3-4H2,1-2H3,(H4,7,8,9);1H. The third-order valence-corrected chi connectivity index (χ3v) is 1.00. The molecule has 0 atom stereocenters. The van der Waals surface area contributed by atoms with Gasteiger partial charge in [-0.25, -0.2) is 0 Å². The van der Waals surface area contributed by atoms with Gasteiger partial charge in [0, 0.05) is 6.54 Å². The van der Waals surface area contributed by atoms with Crippen LogP contribution >= 0.6 is 24.0 Å². The first-order valence-corrected chi connectivity index (χ1v) is 3.18. The molecular weight excluding hydrogens is 241 g/mol. The van der Waals surface area contributed by atoms with Crippen LogP contribution in [0.3, 0.4) is 0 Å². The van der Waals surface area contributed by atoms with Gasteiger partial charge in [0.05, 0.1) is 0 Å². The van der Waals surface area contributed by atoms with Crippen molar-refractivity contribution < 1.29 is 0 Å². The molecule has 0 amide bonds. The van der Waals surface area contributed by atoms with Crippen molar-refractivity contribution in [2.45, 2.75) is 20.3 Å². The van der Waals surface area contributed by atoms with Crippen molar-refractivity contribution in [3.8, 4) is 0 Å². The first-order valence-electron chi connectivity index (χ1n) is 3.18. The molecule has 0 aromatic heterocycles. The Hall–Kier alpha value is 0. The molecule has 0 aromatic rings. The van der Waals surface area contributed by atoms with Gasteiger partial charge in [0.2, 0.25) is 0 Å². The molecule has 4 N–H and O–H groups in total.